The van der Waals surface area contributed by atoms with Crippen LogP contribution in [0.25, 0.3) is 0 Å². The number of hydrogen-bond acceptors (Lipinski definition) is 7. The van der Waals surface area contributed by atoms with Crippen molar-refractivity contribution in [1.82, 2.24) is 0 Å². The minimum Gasteiger partial charge on any atom is -0.495 e. The molecule has 36 heavy (non-hydrogen) atoms. The minimum absolute atomic E-state index is 0.101. The van der Waals surface area contributed by atoms with Gasteiger partial charge in [-0.1, -0.05) is 17.7 Å². The number of nitrogens with one attached hydrogen (secondary N) is 1. The van der Waals surface area contributed by atoms with Crippen molar-refractivity contribution in [3.05, 3.63) is 71.2 Å². The maximum Gasteiger partial charge on any atom is 0.268 e. The Morgan fingerprint density at radius 2 is 1.56 bits per heavy atom. The van der Waals surface area contributed by atoms with Crippen LogP contribution in [0.4, 0.5) is 11.4 Å². The van der Waals surface area contributed by atoms with E-state index in [-0.39, 0.29) is 31.9 Å². The topological polar surface area (TPSA) is 145 Å². The number of carbonyl (C=O) groups excluding carboxylic acids is 1. The van der Waals surface area contributed by atoms with Gasteiger partial charge in [-0.15, -0.1) is 0 Å². The summed E-state index contributed by atoms with van der Waals surface area (Å²) in [5.41, 5.74) is 1.02. The number of nitrogens with two attached hydrogens (primary N) is 1. The molecule has 10 nitrogen and oxygen atoms in total. The smallest absolute Gasteiger partial charge is 0.268 e. The van der Waals surface area contributed by atoms with Crippen molar-refractivity contribution in [1.29, 1.82) is 0 Å². The Hall–Kier alpha value is -3.32. The molecule has 13 heteroatoms. The quantitative estimate of drug-likeness (QED) is 0.414. The van der Waals surface area contributed by atoms with E-state index in [2.05, 4.69) is 5.32 Å². The molecule has 0 fully saturated rings. The van der Waals surface area contributed by atoms with E-state index < -0.39 is 32.5 Å². The molecule has 0 atom stereocenters. The Balaban J connectivity index is 2.01. The number of aryl methyl sites for hydroxylation is 1. The number of benzene rings is 3. The number of methoxy groups -OCH3 is 2. The van der Waals surface area contributed by atoms with Gasteiger partial charge in [-0.05, 0) is 67.1 Å². The highest BCUT2D eigenvalue weighted by Gasteiger charge is 2.31. The van der Waals surface area contributed by atoms with Gasteiger partial charge in [-0.3, -0.25) is 9.10 Å². The Bertz CT molecular complexity index is 1490. The van der Waals surface area contributed by atoms with Gasteiger partial charge in [0.25, 0.3) is 10.0 Å². The van der Waals surface area contributed by atoms with Gasteiger partial charge in [0.05, 0.1) is 29.8 Å². The highest BCUT2D eigenvalue weighted by atomic mass is 35.5. The number of ether oxygens (including phenoxy) is 2. The maximum absolute atomic E-state index is 13.8. The monoisotopic (exact) mass is 553 g/mol. The van der Waals surface area contributed by atoms with Crippen molar-refractivity contribution in [2.75, 3.05) is 30.4 Å². The fourth-order valence-corrected chi connectivity index (χ4v) is 5.71. The van der Waals surface area contributed by atoms with E-state index in [1.165, 1.54) is 68.8 Å². The van der Waals surface area contributed by atoms with E-state index in [0.717, 1.165) is 4.31 Å². The van der Waals surface area contributed by atoms with E-state index >= 15 is 0 Å². The average Bonchev–Trinajstić information content (AvgIpc) is 2.82. The summed E-state index contributed by atoms with van der Waals surface area (Å²) in [7, 11) is -5.46. The first-order valence-corrected chi connectivity index (χ1v) is 13.7. The van der Waals surface area contributed by atoms with Crippen LogP contribution in [0.1, 0.15) is 5.56 Å². The summed E-state index contributed by atoms with van der Waals surface area (Å²) < 4.78 is 61.8. The van der Waals surface area contributed by atoms with E-state index in [0.29, 0.717) is 11.3 Å². The Kier molecular flexibility index (Phi) is 8.14. The molecule has 3 N–H and O–H groups in total. The highest BCUT2D eigenvalue weighted by molar-refractivity contribution is 7.93. The van der Waals surface area contributed by atoms with Crippen molar-refractivity contribution >= 4 is 48.9 Å². The molecule has 0 saturated heterocycles. The number of hydrogen-bond donors (Lipinski definition) is 2. The first-order chi connectivity index (χ1) is 16.9. The van der Waals surface area contributed by atoms with Gasteiger partial charge >= 0.3 is 0 Å². The molecule has 0 aromatic heterocycles. The zero-order chi connectivity index (χ0) is 26.7. The van der Waals surface area contributed by atoms with Gasteiger partial charge in [0.15, 0.2) is 0 Å². The molecular weight excluding hydrogens is 530 g/mol. The number of halogens is 1. The van der Waals surface area contributed by atoms with Gasteiger partial charge in [-0.2, -0.15) is 0 Å². The van der Waals surface area contributed by atoms with E-state index in [1.54, 1.807) is 13.0 Å². The van der Waals surface area contributed by atoms with Crippen molar-refractivity contribution < 1.29 is 31.1 Å². The van der Waals surface area contributed by atoms with Crippen LogP contribution in [-0.4, -0.2) is 43.5 Å². The van der Waals surface area contributed by atoms with Crippen molar-refractivity contribution in [3.8, 4) is 11.5 Å². The molecule has 192 valence electrons. The number of nitrogens with zero attached hydrogens (tertiary/aromatic N) is 1. The summed E-state index contributed by atoms with van der Waals surface area (Å²) in [5.74, 6) is -0.269. The molecule has 0 bridgehead atoms. The van der Waals surface area contributed by atoms with Crippen LogP contribution in [0.15, 0.2) is 70.5 Å². The lowest BCUT2D eigenvalue weighted by Crippen LogP contribution is -2.38. The zero-order valence-corrected chi connectivity index (χ0v) is 21.9. The van der Waals surface area contributed by atoms with Crippen LogP contribution >= 0.6 is 11.6 Å². The highest BCUT2D eigenvalue weighted by Crippen LogP contribution is 2.34. The third-order valence-corrected chi connectivity index (χ3v) is 8.08. The third-order valence-electron chi connectivity index (χ3n) is 5.06. The fraction of sp³-hybridized carbons (Fsp3) is 0.174. The number of rotatable bonds is 9. The van der Waals surface area contributed by atoms with E-state index in [9.17, 15) is 21.6 Å². The van der Waals surface area contributed by atoms with Gasteiger partial charge in [-0.25, -0.2) is 22.0 Å². The molecule has 0 radical (unpaired) electrons. The van der Waals surface area contributed by atoms with Crippen LogP contribution in [0.2, 0.25) is 5.02 Å². The fourth-order valence-electron chi connectivity index (χ4n) is 3.29. The molecule has 0 aliphatic carbocycles. The standard InChI is InChI=1S/C23H24ClN3O7S2/c1-15-4-10-21(34-3)22(12-15)36(31,32)27(17-7-11-20(33-2)19(24)13-17)14-23(28)26-16-5-8-18(9-6-16)35(25,29)30/h4-13H,14H2,1-3H3,(H,26,28)(H2,25,29,30). The minimum atomic E-state index is -4.32. The normalized spacial score (nSPS) is 11.6. The van der Waals surface area contributed by atoms with Gasteiger partial charge in [0.1, 0.15) is 22.9 Å². The molecule has 0 aliphatic rings. The molecule has 0 saturated carbocycles. The van der Waals surface area contributed by atoms with Gasteiger partial charge in [0.2, 0.25) is 15.9 Å². The molecule has 3 aromatic carbocycles. The molecular formula is C23H24ClN3O7S2. The summed E-state index contributed by atoms with van der Waals surface area (Å²) in [5, 5.41) is 7.79. The van der Waals surface area contributed by atoms with E-state index in [4.69, 9.17) is 26.2 Å². The summed E-state index contributed by atoms with van der Waals surface area (Å²) in [6.07, 6.45) is 0. The summed E-state index contributed by atoms with van der Waals surface area (Å²) in [6.45, 7) is 1.10. The molecule has 0 unspecified atom stereocenters. The average molecular weight is 554 g/mol. The Morgan fingerprint density at radius 1 is 0.944 bits per heavy atom. The SMILES string of the molecule is COc1ccc(N(CC(=O)Nc2ccc(S(N)(=O)=O)cc2)S(=O)(=O)c2cc(C)ccc2OC)cc1Cl. The molecule has 1 amide bonds. The molecule has 0 spiro atoms. The van der Waals surface area contributed by atoms with Crippen LogP contribution in [0.3, 0.4) is 0 Å². The second kappa shape index (κ2) is 10.7. The summed E-state index contributed by atoms with van der Waals surface area (Å²) >= 11 is 6.24. The largest absolute Gasteiger partial charge is 0.495 e. The first kappa shape index (κ1) is 27.3. The number of sulfonamides is 2. The van der Waals surface area contributed by atoms with Crippen LogP contribution < -0.4 is 24.2 Å². The number of carbonyl (C=O) groups is 1. The van der Waals surface area contributed by atoms with Gasteiger partial charge < -0.3 is 14.8 Å². The lowest BCUT2D eigenvalue weighted by Gasteiger charge is -2.25. The summed E-state index contributed by atoms with van der Waals surface area (Å²) in [4.78, 5) is 12.7. The number of anilines is 2. The second-order valence-electron chi connectivity index (χ2n) is 7.60. The second-order valence-corrected chi connectivity index (χ2v) is 11.4. The van der Waals surface area contributed by atoms with Crippen molar-refractivity contribution in [3.63, 3.8) is 0 Å². The van der Waals surface area contributed by atoms with Crippen LogP contribution in [0.5, 0.6) is 11.5 Å². The summed E-state index contributed by atoms with van der Waals surface area (Å²) in [6, 6.07) is 14.1. The van der Waals surface area contributed by atoms with E-state index in [1.807, 2.05) is 0 Å². The Morgan fingerprint density at radius 3 is 2.11 bits per heavy atom. The predicted molar refractivity (Wildman–Crippen MR) is 137 cm³/mol. The van der Waals surface area contributed by atoms with Crippen LogP contribution in [0, 0.1) is 6.92 Å². The maximum atomic E-state index is 13.8. The number of primary sulfonamides is 1. The van der Waals surface area contributed by atoms with Gasteiger partial charge in [0, 0.05) is 5.69 Å². The lowest BCUT2D eigenvalue weighted by molar-refractivity contribution is -0.114. The molecule has 3 aromatic rings. The zero-order valence-electron chi connectivity index (χ0n) is 19.6. The molecule has 0 aliphatic heterocycles. The Labute approximate surface area is 214 Å². The first-order valence-electron chi connectivity index (χ1n) is 10.3. The lowest BCUT2D eigenvalue weighted by atomic mass is 10.2. The predicted octanol–water partition coefficient (Wildman–Crippen LogP) is 3.15. The van der Waals surface area contributed by atoms with Crippen molar-refractivity contribution in [2.45, 2.75) is 16.7 Å². The van der Waals surface area contributed by atoms with Crippen molar-refractivity contribution in [2.24, 2.45) is 5.14 Å². The molecule has 0 heterocycles. The third kappa shape index (κ3) is 6.08. The van der Waals surface area contributed by atoms with Crippen LogP contribution in [-0.2, 0) is 24.8 Å². The molecule has 3 rings (SSSR count). The number of amides is 1.